The number of carbonyl (C=O) groups is 2. The third kappa shape index (κ3) is 5.95. The van der Waals surface area contributed by atoms with Crippen molar-refractivity contribution < 1.29 is 9.59 Å². The molecule has 0 heterocycles. The van der Waals surface area contributed by atoms with Crippen molar-refractivity contribution in [3.8, 4) is 0 Å². The fourth-order valence-corrected chi connectivity index (χ4v) is 1.84. The zero-order valence-corrected chi connectivity index (χ0v) is 13.0. The standard InChI is InChI=1S/C16H25N3O2/c1-4-5-6-14(17)16(21)19-13-9-7-12(8-10-13)15(20)18-11(2)3/h7-11,14H,4-6,17H2,1-3H3,(H,18,20)(H,19,21)/t14-/m0/s1. The highest BCUT2D eigenvalue weighted by molar-refractivity contribution is 5.97. The molecule has 1 aromatic carbocycles. The summed E-state index contributed by atoms with van der Waals surface area (Å²) in [5.74, 6) is -0.314. The number of rotatable bonds is 7. The van der Waals surface area contributed by atoms with Crippen molar-refractivity contribution in [2.45, 2.75) is 52.1 Å². The average molecular weight is 291 g/mol. The van der Waals surface area contributed by atoms with Gasteiger partial charge in [-0.2, -0.15) is 0 Å². The summed E-state index contributed by atoms with van der Waals surface area (Å²) in [5, 5.41) is 5.58. The Morgan fingerprint density at radius 1 is 1.19 bits per heavy atom. The molecule has 0 unspecified atom stereocenters. The van der Waals surface area contributed by atoms with Crippen LogP contribution in [-0.4, -0.2) is 23.9 Å². The summed E-state index contributed by atoms with van der Waals surface area (Å²) >= 11 is 0. The van der Waals surface area contributed by atoms with E-state index >= 15 is 0 Å². The summed E-state index contributed by atoms with van der Waals surface area (Å²) in [5.41, 5.74) is 7.02. The molecule has 2 amide bonds. The van der Waals surface area contributed by atoms with Gasteiger partial charge in [0, 0.05) is 17.3 Å². The second-order valence-corrected chi connectivity index (χ2v) is 5.44. The first-order valence-corrected chi connectivity index (χ1v) is 7.41. The van der Waals surface area contributed by atoms with Gasteiger partial charge in [-0.1, -0.05) is 19.8 Å². The van der Waals surface area contributed by atoms with E-state index in [1.165, 1.54) is 0 Å². The van der Waals surface area contributed by atoms with Crippen LogP contribution in [0.1, 0.15) is 50.4 Å². The Morgan fingerprint density at radius 3 is 2.33 bits per heavy atom. The first-order chi connectivity index (χ1) is 9.93. The van der Waals surface area contributed by atoms with Gasteiger partial charge in [0.1, 0.15) is 0 Å². The molecule has 0 fully saturated rings. The van der Waals surface area contributed by atoms with E-state index in [2.05, 4.69) is 17.6 Å². The number of hydrogen-bond acceptors (Lipinski definition) is 3. The molecule has 0 aliphatic heterocycles. The van der Waals surface area contributed by atoms with E-state index in [1.54, 1.807) is 24.3 Å². The summed E-state index contributed by atoms with van der Waals surface area (Å²) in [6.07, 6.45) is 2.63. The SMILES string of the molecule is CCCC[C@H](N)C(=O)Nc1ccc(C(=O)NC(C)C)cc1. The number of benzene rings is 1. The molecule has 0 aromatic heterocycles. The Morgan fingerprint density at radius 2 is 1.81 bits per heavy atom. The van der Waals surface area contributed by atoms with Crippen LogP contribution < -0.4 is 16.4 Å². The number of amides is 2. The van der Waals surface area contributed by atoms with Gasteiger partial charge in [-0.15, -0.1) is 0 Å². The Kier molecular flexibility index (Phi) is 6.88. The summed E-state index contributed by atoms with van der Waals surface area (Å²) in [4.78, 5) is 23.7. The Hall–Kier alpha value is -1.88. The van der Waals surface area contributed by atoms with Crippen LogP contribution in [-0.2, 0) is 4.79 Å². The van der Waals surface area contributed by atoms with Crippen LogP contribution in [0.4, 0.5) is 5.69 Å². The van der Waals surface area contributed by atoms with E-state index in [1.807, 2.05) is 13.8 Å². The highest BCUT2D eigenvalue weighted by Gasteiger charge is 2.13. The molecule has 4 N–H and O–H groups in total. The van der Waals surface area contributed by atoms with Gasteiger partial charge in [-0.3, -0.25) is 9.59 Å². The van der Waals surface area contributed by atoms with Crippen LogP contribution in [0.3, 0.4) is 0 Å². The first kappa shape index (κ1) is 17.2. The molecule has 0 spiro atoms. The summed E-state index contributed by atoms with van der Waals surface area (Å²) in [6.45, 7) is 5.87. The average Bonchev–Trinajstić information content (AvgIpc) is 2.44. The zero-order chi connectivity index (χ0) is 15.8. The molecule has 0 aliphatic rings. The maximum Gasteiger partial charge on any atom is 0.251 e. The summed E-state index contributed by atoms with van der Waals surface area (Å²) in [6, 6.07) is 6.39. The molecule has 116 valence electrons. The number of anilines is 1. The third-order valence-electron chi connectivity index (χ3n) is 3.04. The van der Waals surface area contributed by atoms with E-state index in [9.17, 15) is 9.59 Å². The Labute approximate surface area is 126 Å². The van der Waals surface area contributed by atoms with Crippen LogP contribution >= 0.6 is 0 Å². The summed E-state index contributed by atoms with van der Waals surface area (Å²) < 4.78 is 0. The largest absolute Gasteiger partial charge is 0.350 e. The third-order valence-corrected chi connectivity index (χ3v) is 3.04. The minimum absolute atomic E-state index is 0.0912. The van der Waals surface area contributed by atoms with Crippen molar-refractivity contribution in [1.82, 2.24) is 5.32 Å². The predicted octanol–water partition coefficient (Wildman–Crippen LogP) is 2.28. The fraction of sp³-hybridized carbons (Fsp3) is 0.500. The van der Waals surface area contributed by atoms with Crippen molar-refractivity contribution in [1.29, 1.82) is 0 Å². The van der Waals surface area contributed by atoms with Gasteiger partial charge >= 0.3 is 0 Å². The van der Waals surface area contributed by atoms with Gasteiger partial charge in [-0.05, 0) is 44.5 Å². The quantitative estimate of drug-likeness (QED) is 0.720. The second-order valence-electron chi connectivity index (χ2n) is 5.44. The molecule has 0 radical (unpaired) electrons. The second kappa shape index (κ2) is 8.42. The Balaban J connectivity index is 2.58. The van der Waals surface area contributed by atoms with E-state index in [0.717, 1.165) is 12.8 Å². The summed E-state index contributed by atoms with van der Waals surface area (Å²) in [7, 11) is 0. The number of nitrogens with one attached hydrogen (secondary N) is 2. The molecule has 1 atom stereocenters. The molecule has 0 bridgehead atoms. The van der Waals surface area contributed by atoms with Crippen LogP contribution in [0, 0.1) is 0 Å². The molecule has 5 nitrogen and oxygen atoms in total. The lowest BCUT2D eigenvalue weighted by molar-refractivity contribution is -0.117. The van der Waals surface area contributed by atoms with Gasteiger partial charge in [0.05, 0.1) is 6.04 Å². The monoisotopic (exact) mass is 291 g/mol. The number of carbonyl (C=O) groups excluding carboxylic acids is 2. The maximum atomic E-state index is 11.9. The van der Waals surface area contributed by atoms with Crippen LogP contribution in [0.25, 0.3) is 0 Å². The van der Waals surface area contributed by atoms with Crippen molar-refractivity contribution in [3.05, 3.63) is 29.8 Å². The molecular weight excluding hydrogens is 266 g/mol. The number of unbranched alkanes of at least 4 members (excludes halogenated alkanes) is 1. The van der Waals surface area contributed by atoms with Crippen molar-refractivity contribution in [2.24, 2.45) is 5.73 Å². The maximum absolute atomic E-state index is 11.9. The van der Waals surface area contributed by atoms with E-state index in [4.69, 9.17) is 5.73 Å². The van der Waals surface area contributed by atoms with Gasteiger partial charge in [0.25, 0.3) is 5.91 Å². The molecule has 0 saturated carbocycles. The van der Waals surface area contributed by atoms with Crippen LogP contribution in [0.5, 0.6) is 0 Å². The molecule has 1 aromatic rings. The molecule has 0 aliphatic carbocycles. The van der Waals surface area contributed by atoms with Crippen molar-refractivity contribution in [3.63, 3.8) is 0 Å². The van der Waals surface area contributed by atoms with E-state index < -0.39 is 6.04 Å². The molecule has 0 saturated heterocycles. The highest BCUT2D eigenvalue weighted by atomic mass is 16.2. The minimum Gasteiger partial charge on any atom is -0.350 e. The van der Waals surface area contributed by atoms with Crippen molar-refractivity contribution >= 4 is 17.5 Å². The Bertz CT molecular complexity index is 469. The van der Waals surface area contributed by atoms with Gasteiger partial charge in [0.2, 0.25) is 5.91 Å². The van der Waals surface area contributed by atoms with Crippen LogP contribution in [0.15, 0.2) is 24.3 Å². The lowest BCUT2D eigenvalue weighted by atomic mass is 10.1. The van der Waals surface area contributed by atoms with Gasteiger partial charge in [0.15, 0.2) is 0 Å². The van der Waals surface area contributed by atoms with Crippen LogP contribution in [0.2, 0.25) is 0 Å². The lowest BCUT2D eigenvalue weighted by Gasteiger charge is -2.12. The topological polar surface area (TPSA) is 84.2 Å². The fourth-order valence-electron chi connectivity index (χ4n) is 1.84. The van der Waals surface area contributed by atoms with Gasteiger partial charge in [-0.25, -0.2) is 0 Å². The lowest BCUT2D eigenvalue weighted by Crippen LogP contribution is -2.35. The van der Waals surface area contributed by atoms with E-state index in [-0.39, 0.29) is 17.9 Å². The first-order valence-electron chi connectivity index (χ1n) is 7.41. The zero-order valence-electron chi connectivity index (χ0n) is 13.0. The number of hydrogen-bond donors (Lipinski definition) is 3. The molecule has 1 rings (SSSR count). The minimum atomic E-state index is -0.492. The smallest absolute Gasteiger partial charge is 0.251 e. The van der Waals surface area contributed by atoms with Crippen molar-refractivity contribution in [2.75, 3.05) is 5.32 Å². The molecular formula is C16H25N3O2. The molecule has 5 heteroatoms. The van der Waals surface area contributed by atoms with E-state index in [0.29, 0.717) is 17.7 Å². The van der Waals surface area contributed by atoms with Gasteiger partial charge < -0.3 is 16.4 Å². The molecule has 21 heavy (non-hydrogen) atoms. The highest BCUT2D eigenvalue weighted by Crippen LogP contribution is 2.11. The predicted molar refractivity (Wildman–Crippen MR) is 85.2 cm³/mol. The normalized spacial score (nSPS) is 12.0. The number of nitrogens with two attached hydrogens (primary N) is 1.